The SMILES string of the molecule is Cc1cccc(C2OC34CCCCCC3C(C#N)(C(=N)O4)C2(C#N)C#N)c1. The van der Waals surface area contributed by atoms with E-state index in [-0.39, 0.29) is 5.90 Å². The van der Waals surface area contributed by atoms with Crippen molar-refractivity contribution in [3.05, 3.63) is 35.4 Å². The highest BCUT2D eigenvalue weighted by atomic mass is 16.7. The van der Waals surface area contributed by atoms with Crippen molar-refractivity contribution in [2.45, 2.75) is 50.9 Å². The molecule has 4 rings (SSSR count). The minimum Gasteiger partial charge on any atom is -0.447 e. The number of hydrogen-bond acceptors (Lipinski definition) is 6. The molecule has 2 heterocycles. The molecule has 4 unspecified atom stereocenters. The van der Waals surface area contributed by atoms with Crippen LogP contribution in [0.25, 0.3) is 0 Å². The number of nitrogens with zero attached hydrogens (tertiary/aromatic N) is 3. The van der Waals surface area contributed by atoms with Crippen LogP contribution in [0.1, 0.15) is 49.3 Å². The standard InChI is InChI=1S/C21H20N4O2/c1-14-6-5-7-15(10-14)17-19(11-22,12-23)20(13-24)16-8-3-2-4-9-21(16,26-17)27-18(20)25/h5-7,10,16-17,25H,2-4,8-9H2,1H3. The zero-order chi connectivity index (χ0) is 19.3. The molecule has 1 N–H and O–H groups in total. The summed E-state index contributed by atoms with van der Waals surface area (Å²) in [6, 6.07) is 13.9. The number of benzene rings is 1. The summed E-state index contributed by atoms with van der Waals surface area (Å²) < 4.78 is 12.4. The summed E-state index contributed by atoms with van der Waals surface area (Å²) in [5.74, 6) is -1.91. The Hall–Kier alpha value is -2.88. The van der Waals surface area contributed by atoms with Crippen LogP contribution in [0.4, 0.5) is 0 Å². The third kappa shape index (κ3) is 1.98. The first-order valence-corrected chi connectivity index (χ1v) is 9.26. The van der Waals surface area contributed by atoms with E-state index in [1.165, 1.54) is 0 Å². The van der Waals surface area contributed by atoms with Crippen LogP contribution in [0.5, 0.6) is 0 Å². The van der Waals surface area contributed by atoms with Crippen molar-refractivity contribution in [2.24, 2.45) is 16.7 Å². The first kappa shape index (κ1) is 17.5. The molecule has 3 aliphatic rings. The lowest BCUT2D eigenvalue weighted by Crippen LogP contribution is -2.59. The molecule has 4 atom stereocenters. The van der Waals surface area contributed by atoms with Crippen LogP contribution in [0.3, 0.4) is 0 Å². The van der Waals surface area contributed by atoms with E-state index >= 15 is 0 Å². The number of rotatable bonds is 1. The maximum atomic E-state index is 10.3. The first-order chi connectivity index (χ1) is 13.0. The smallest absolute Gasteiger partial charge is 0.217 e. The van der Waals surface area contributed by atoms with Crippen LogP contribution < -0.4 is 0 Å². The second-order valence-corrected chi connectivity index (χ2v) is 7.76. The minimum atomic E-state index is -1.85. The molecule has 0 amide bonds. The fraction of sp³-hybridized carbons (Fsp3) is 0.524. The fourth-order valence-corrected chi connectivity index (χ4v) is 5.17. The molecule has 0 spiro atoms. The minimum absolute atomic E-state index is 0.296. The molecule has 1 aliphatic carbocycles. The van der Waals surface area contributed by atoms with Gasteiger partial charge in [-0.3, -0.25) is 5.41 Å². The maximum absolute atomic E-state index is 10.3. The molecule has 2 bridgehead atoms. The highest BCUT2D eigenvalue weighted by Gasteiger charge is 2.80. The summed E-state index contributed by atoms with van der Waals surface area (Å²) in [6.07, 6.45) is 2.89. The van der Waals surface area contributed by atoms with E-state index < -0.39 is 28.6 Å². The van der Waals surface area contributed by atoms with Gasteiger partial charge in [0.15, 0.2) is 5.41 Å². The molecule has 1 aromatic carbocycles. The van der Waals surface area contributed by atoms with E-state index in [4.69, 9.17) is 14.9 Å². The van der Waals surface area contributed by atoms with E-state index in [1.807, 2.05) is 31.2 Å². The van der Waals surface area contributed by atoms with Gasteiger partial charge in [0.2, 0.25) is 17.1 Å². The molecular weight excluding hydrogens is 340 g/mol. The summed E-state index contributed by atoms with van der Waals surface area (Å²) in [4.78, 5) is 0. The van der Waals surface area contributed by atoms with E-state index in [1.54, 1.807) is 0 Å². The molecule has 0 aromatic heterocycles. The Balaban J connectivity index is 2.01. The average Bonchev–Trinajstić information content (AvgIpc) is 2.80. The van der Waals surface area contributed by atoms with Crippen LogP contribution in [-0.2, 0) is 9.47 Å². The summed E-state index contributed by atoms with van der Waals surface area (Å²) in [5, 5.41) is 39.1. The lowest BCUT2D eigenvalue weighted by Gasteiger charge is -2.49. The third-order valence-corrected chi connectivity index (χ3v) is 6.41. The van der Waals surface area contributed by atoms with Gasteiger partial charge in [-0.25, -0.2) is 0 Å². The Morgan fingerprint density at radius 1 is 1.11 bits per heavy atom. The third-order valence-electron chi connectivity index (χ3n) is 6.41. The van der Waals surface area contributed by atoms with Crippen LogP contribution >= 0.6 is 0 Å². The van der Waals surface area contributed by atoms with Gasteiger partial charge in [-0.2, -0.15) is 15.8 Å². The second-order valence-electron chi connectivity index (χ2n) is 7.76. The van der Waals surface area contributed by atoms with Crippen molar-refractivity contribution < 1.29 is 9.47 Å². The Kier molecular flexibility index (Phi) is 3.77. The maximum Gasteiger partial charge on any atom is 0.217 e. The quantitative estimate of drug-likeness (QED) is 0.816. The molecule has 2 saturated heterocycles. The number of ether oxygens (including phenoxy) is 2. The van der Waals surface area contributed by atoms with Gasteiger partial charge >= 0.3 is 0 Å². The van der Waals surface area contributed by atoms with Gasteiger partial charge in [-0.05, 0) is 25.3 Å². The largest absolute Gasteiger partial charge is 0.447 e. The van der Waals surface area contributed by atoms with Crippen molar-refractivity contribution >= 4 is 5.90 Å². The van der Waals surface area contributed by atoms with Crippen molar-refractivity contribution in [3.8, 4) is 18.2 Å². The first-order valence-electron chi connectivity index (χ1n) is 9.26. The van der Waals surface area contributed by atoms with E-state index in [0.717, 1.165) is 24.8 Å². The van der Waals surface area contributed by atoms with Gasteiger partial charge in [-0.1, -0.05) is 42.7 Å². The molecule has 27 heavy (non-hydrogen) atoms. The van der Waals surface area contributed by atoms with Gasteiger partial charge in [-0.15, -0.1) is 0 Å². The lowest BCUT2D eigenvalue weighted by molar-refractivity contribution is -0.284. The van der Waals surface area contributed by atoms with Crippen LogP contribution in [0.2, 0.25) is 0 Å². The molecule has 3 fully saturated rings. The number of aryl methyl sites for hydroxylation is 1. The van der Waals surface area contributed by atoms with Gasteiger partial charge in [0, 0.05) is 6.42 Å². The zero-order valence-electron chi connectivity index (χ0n) is 15.2. The van der Waals surface area contributed by atoms with Gasteiger partial charge < -0.3 is 9.47 Å². The Labute approximate surface area is 158 Å². The number of hydrogen-bond donors (Lipinski definition) is 1. The topological polar surface area (TPSA) is 114 Å². The van der Waals surface area contributed by atoms with Crippen LogP contribution in [-0.4, -0.2) is 11.7 Å². The van der Waals surface area contributed by atoms with Crippen molar-refractivity contribution in [3.63, 3.8) is 0 Å². The highest BCUT2D eigenvalue weighted by molar-refractivity contribution is 5.89. The predicted molar refractivity (Wildman–Crippen MR) is 94.8 cm³/mol. The molecule has 2 aliphatic heterocycles. The van der Waals surface area contributed by atoms with E-state index in [2.05, 4.69) is 18.2 Å². The second kappa shape index (κ2) is 5.81. The molecule has 1 aromatic rings. The zero-order valence-corrected chi connectivity index (χ0v) is 15.2. The van der Waals surface area contributed by atoms with Gasteiger partial charge in [0.1, 0.15) is 6.10 Å². The highest BCUT2D eigenvalue weighted by Crippen LogP contribution is 2.68. The van der Waals surface area contributed by atoms with E-state index in [9.17, 15) is 15.8 Å². The average molecular weight is 360 g/mol. The van der Waals surface area contributed by atoms with Crippen LogP contribution in [0, 0.1) is 63.1 Å². The summed E-state index contributed by atoms with van der Waals surface area (Å²) in [6.45, 7) is 1.92. The van der Waals surface area contributed by atoms with Gasteiger partial charge in [0.05, 0.1) is 24.1 Å². The Bertz CT molecular complexity index is 923. The summed E-state index contributed by atoms with van der Waals surface area (Å²) in [5.41, 5.74) is -1.84. The fourth-order valence-electron chi connectivity index (χ4n) is 5.17. The van der Waals surface area contributed by atoms with Crippen LogP contribution in [0.15, 0.2) is 24.3 Å². The van der Waals surface area contributed by atoms with Crippen molar-refractivity contribution in [1.29, 1.82) is 21.2 Å². The monoisotopic (exact) mass is 360 g/mol. The number of nitrogens with one attached hydrogen (secondary N) is 1. The number of nitriles is 3. The molecule has 136 valence electrons. The molecule has 6 nitrogen and oxygen atoms in total. The lowest BCUT2D eigenvalue weighted by atomic mass is 9.52. The Morgan fingerprint density at radius 3 is 2.56 bits per heavy atom. The molecule has 6 heteroatoms. The summed E-state index contributed by atoms with van der Waals surface area (Å²) in [7, 11) is 0. The van der Waals surface area contributed by atoms with E-state index in [0.29, 0.717) is 18.4 Å². The normalized spacial score (nSPS) is 36.3. The predicted octanol–water partition coefficient (Wildman–Crippen LogP) is 3.89. The van der Waals surface area contributed by atoms with Crippen molar-refractivity contribution in [2.75, 3.05) is 0 Å². The molecular formula is C21H20N4O2. The Morgan fingerprint density at radius 2 is 1.89 bits per heavy atom. The van der Waals surface area contributed by atoms with Crippen molar-refractivity contribution in [1.82, 2.24) is 0 Å². The summed E-state index contributed by atoms with van der Waals surface area (Å²) >= 11 is 0. The molecule has 1 saturated carbocycles. The molecule has 0 radical (unpaired) electrons. The van der Waals surface area contributed by atoms with Gasteiger partial charge in [0.25, 0.3) is 0 Å².